The van der Waals surface area contributed by atoms with E-state index in [9.17, 15) is 4.79 Å². The lowest BCUT2D eigenvalue weighted by Gasteiger charge is -2.24. The molecule has 0 heterocycles. The molecule has 1 aromatic rings. The molecule has 0 aliphatic rings. The van der Waals surface area contributed by atoms with Crippen molar-refractivity contribution in [3.8, 4) is 0 Å². The normalized spacial score (nSPS) is 13.5. The number of ketones is 1. The first kappa shape index (κ1) is 16.7. The van der Waals surface area contributed by atoms with Crippen molar-refractivity contribution in [3.05, 3.63) is 60.2 Å². The van der Waals surface area contributed by atoms with E-state index in [-0.39, 0.29) is 11.7 Å². The highest BCUT2D eigenvalue weighted by molar-refractivity contribution is 6.30. The summed E-state index contributed by atoms with van der Waals surface area (Å²) >= 11 is 5.94. The van der Waals surface area contributed by atoms with Gasteiger partial charge in [0.15, 0.2) is 0 Å². The Kier molecular flexibility index (Phi) is 7.32. The standard InChI is InChI=1S/C18H23ClO/c1-4-6-7-8-15(5-2)18(13-14(3)20)16-9-11-17(19)12-10-16/h4-5,9-12,15,18H,1-2,6-8,13H2,3H3/t15-,18-/m0/s1. The molecule has 0 amide bonds. The molecule has 2 heteroatoms. The largest absolute Gasteiger partial charge is 0.300 e. The minimum Gasteiger partial charge on any atom is -0.300 e. The predicted molar refractivity (Wildman–Crippen MR) is 87.2 cm³/mol. The Bertz CT molecular complexity index is 447. The first-order chi connectivity index (χ1) is 9.58. The molecule has 108 valence electrons. The summed E-state index contributed by atoms with van der Waals surface area (Å²) in [5, 5.41) is 0.720. The molecule has 2 atom stereocenters. The minimum absolute atomic E-state index is 0.187. The van der Waals surface area contributed by atoms with Crippen LogP contribution in [0.4, 0.5) is 0 Å². The maximum Gasteiger partial charge on any atom is 0.130 e. The first-order valence-corrected chi connectivity index (χ1v) is 7.44. The van der Waals surface area contributed by atoms with E-state index in [0.717, 1.165) is 29.8 Å². The molecule has 0 N–H and O–H groups in total. The van der Waals surface area contributed by atoms with E-state index in [4.69, 9.17) is 11.6 Å². The van der Waals surface area contributed by atoms with E-state index in [1.54, 1.807) is 6.92 Å². The maximum atomic E-state index is 11.6. The van der Waals surface area contributed by atoms with Gasteiger partial charge in [0.2, 0.25) is 0 Å². The predicted octanol–water partition coefficient (Wildman–Crippen LogP) is 5.56. The van der Waals surface area contributed by atoms with Crippen LogP contribution in [0.15, 0.2) is 49.6 Å². The van der Waals surface area contributed by atoms with Gasteiger partial charge in [-0.15, -0.1) is 13.2 Å². The molecule has 0 spiro atoms. The molecular weight excluding hydrogens is 268 g/mol. The number of carbonyl (C=O) groups excluding carboxylic acids is 1. The Hall–Kier alpha value is -1.34. The molecule has 0 radical (unpaired) electrons. The second-order valence-electron chi connectivity index (χ2n) is 5.18. The van der Waals surface area contributed by atoms with Gasteiger partial charge >= 0.3 is 0 Å². The molecule has 0 bridgehead atoms. The number of benzene rings is 1. The highest BCUT2D eigenvalue weighted by Crippen LogP contribution is 2.33. The monoisotopic (exact) mass is 290 g/mol. The molecular formula is C18H23ClO. The summed E-state index contributed by atoms with van der Waals surface area (Å²) in [6, 6.07) is 7.79. The summed E-state index contributed by atoms with van der Waals surface area (Å²) in [5.41, 5.74) is 1.16. The van der Waals surface area contributed by atoms with Gasteiger partial charge < -0.3 is 4.79 Å². The molecule has 1 rings (SSSR count). The van der Waals surface area contributed by atoms with Crippen LogP contribution in [0.1, 0.15) is 44.1 Å². The third-order valence-corrected chi connectivity index (χ3v) is 3.82. The number of halogens is 1. The Labute approximate surface area is 127 Å². The molecule has 0 unspecified atom stereocenters. The first-order valence-electron chi connectivity index (χ1n) is 7.06. The SMILES string of the molecule is C=CCCC[C@H](C=C)[C@H](CC(C)=O)c1ccc(Cl)cc1. The van der Waals surface area contributed by atoms with E-state index < -0.39 is 0 Å². The van der Waals surface area contributed by atoms with Crippen LogP contribution in [0.3, 0.4) is 0 Å². The van der Waals surface area contributed by atoms with Crippen molar-refractivity contribution in [2.24, 2.45) is 5.92 Å². The smallest absolute Gasteiger partial charge is 0.130 e. The van der Waals surface area contributed by atoms with Crippen molar-refractivity contribution in [2.45, 2.75) is 38.5 Å². The van der Waals surface area contributed by atoms with Crippen molar-refractivity contribution < 1.29 is 4.79 Å². The van der Waals surface area contributed by atoms with Gasteiger partial charge in [0.1, 0.15) is 5.78 Å². The minimum atomic E-state index is 0.187. The Morgan fingerprint density at radius 3 is 2.45 bits per heavy atom. The van der Waals surface area contributed by atoms with Crippen LogP contribution in [0.5, 0.6) is 0 Å². The molecule has 0 saturated heterocycles. The van der Waals surface area contributed by atoms with Crippen molar-refractivity contribution >= 4 is 17.4 Å². The van der Waals surface area contributed by atoms with Gasteiger partial charge in [0.05, 0.1) is 0 Å². The van der Waals surface area contributed by atoms with E-state index >= 15 is 0 Å². The summed E-state index contributed by atoms with van der Waals surface area (Å²) in [6.07, 6.45) is 7.55. The summed E-state index contributed by atoms with van der Waals surface area (Å²) < 4.78 is 0. The molecule has 20 heavy (non-hydrogen) atoms. The van der Waals surface area contributed by atoms with Gasteiger partial charge in [-0.2, -0.15) is 0 Å². The van der Waals surface area contributed by atoms with Gasteiger partial charge in [0.25, 0.3) is 0 Å². The summed E-state index contributed by atoms with van der Waals surface area (Å²) in [5.74, 6) is 0.702. The lowest BCUT2D eigenvalue weighted by atomic mass is 9.80. The van der Waals surface area contributed by atoms with Gasteiger partial charge in [-0.05, 0) is 55.7 Å². The van der Waals surface area contributed by atoms with Crippen LogP contribution in [0.25, 0.3) is 0 Å². The fraction of sp³-hybridized carbons (Fsp3) is 0.389. The lowest BCUT2D eigenvalue weighted by Crippen LogP contribution is -2.14. The topological polar surface area (TPSA) is 17.1 Å². The van der Waals surface area contributed by atoms with Crippen LogP contribution < -0.4 is 0 Å². The fourth-order valence-corrected chi connectivity index (χ4v) is 2.64. The maximum absolute atomic E-state index is 11.6. The average molecular weight is 291 g/mol. The van der Waals surface area contributed by atoms with Gasteiger partial charge in [-0.3, -0.25) is 0 Å². The lowest BCUT2D eigenvalue weighted by molar-refractivity contribution is -0.117. The van der Waals surface area contributed by atoms with Gasteiger partial charge in [0, 0.05) is 11.4 Å². The second kappa shape index (κ2) is 8.76. The van der Waals surface area contributed by atoms with Crippen LogP contribution in [0.2, 0.25) is 5.02 Å². The number of carbonyl (C=O) groups is 1. The molecule has 0 aliphatic heterocycles. The van der Waals surface area contributed by atoms with Gasteiger partial charge in [-0.25, -0.2) is 0 Å². The zero-order chi connectivity index (χ0) is 15.0. The molecule has 0 saturated carbocycles. The number of allylic oxidation sites excluding steroid dienone is 2. The quantitative estimate of drug-likeness (QED) is 0.430. The highest BCUT2D eigenvalue weighted by atomic mass is 35.5. The number of hydrogen-bond acceptors (Lipinski definition) is 1. The Balaban J connectivity index is 2.90. The second-order valence-corrected chi connectivity index (χ2v) is 5.62. The number of hydrogen-bond donors (Lipinski definition) is 0. The van der Waals surface area contributed by atoms with Crippen LogP contribution in [0, 0.1) is 5.92 Å². The average Bonchev–Trinajstić information content (AvgIpc) is 2.42. The Morgan fingerprint density at radius 2 is 1.95 bits per heavy atom. The van der Waals surface area contributed by atoms with Crippen molar-refractivity contribution in [2.75, 3.05) is 0 Å². The molecule has 0 aromatic heterocycles. The zero-order valence-electron chi connectivity index (χ0n) is 12.1. The number of Topliss-reactive ketones (excluding diaryl/α,β-unsaturated/α-hetero) is 1. The molecule has 0 fully saturated rings. The van der Waals surface area contributed by atoms with E-state index in [0.29, 0.717) is 12.3 Å². The molecule has 1 nitrogen and oxygen atoms in total. The molecule has 0 aliphatic carbocycles. The van der Waals surface area contributed by atoms with Crippen LogP contribution >= 0.6 is 11.6 Å². The third-order valence-electron chi connectivity index (χ3n) is 3.57. The summed E-state index contributed by atoms with van der Waals surface area (Å²) in [6.45, 7) is 9.34. The summed E-state index contributed by atoms with van der Waals surface area (Å²) in [7, 11) is 0. The van der Waals surface area contributed by atoms with E-state index in [2.05, 4.69) is 13.2 Å². The number of rotatable bonds is 9. The van der Waals surface area contributed by atoms with Crippen molar-refractivity contribution in [1.82, 2.24) is 0 Å². The summed E-state index contributed by atoms with van der Waals surface area (Å²) in [4.78, 5) is 11.6. The van der Waals surface area contributed by atoms with Crippen molar-refractivity contribution in [1.29, 1.82) is 0 Å². The highest BCUT2D eigenvalue weighted by Gasteiger charge is 2.22. The van der Waals surface area contributed by atoms with E-state index in [1.165, 1.54) is 0 Å². The Morgan fingerprint density at radius 1 is 1.30 bits per heavy atom. The van der Waals surface area contributed by atoms with Crippen LogP contribution in [-0.2, 0) is 4.79 Å². The zero-order valence-corrected chi connectivity index (χ0v) is 12.9. The van der Waals surface area contributed by atoms with E-state index in [1.807, 2.05) is 36.4 Å². The number of unbranched alkanes of at least 4 members (excludes halogenated alkanes) is 1. The van der Waals surface area contributed by atoms with Gasteiger partial charge in [-0.1, -0.05) is 35.9 Å². The third kappa shape index (κ3) is 5.34. The van der Waals surface area contributed by atoms with Crippen LogP contribution in [-0.4, -0.2) is 5.78 Å². The molecule has 1 aromatic carbocycles. The van der Waals surface area contributed by atoms with Crippen molar-refractivity contribution in [3.63, 3.8) is 0 Å². The fourth-order valence-electron chi connectivity index (χ4n) is 2.52.